The van der Waals surface area contributed by atoms with Crippen molar-refractivity contribution in [3.05, 3.63) is 20.8 Å². The minimum absolute atomic E-state index is 0.241. The molecule has 1 aromatic rings. The second-order valence-corrected chi connectivity index (χ2v) is 5.43. The first-order valence-corrected chi connectivity index (χ1v) is 6.12. The van der Waals surface area contributed by atoms with Gasteiger partial charge in [-0.2, -0.15) is 0 Å². The fraction of sp³-hybridized carbons (Fsp3) is 0.636. The van der Waals surface area contributed by atoms with E-state index in [2.05, 4.69) is 20.8 Å². The van der Waals surface area contributed by atoms with Gasteiger partial charge >= 0.3 is 0 Å². The lowest BCUT2D eigenvalue weighted by atomic mass is 9.91. The minimum Gasteiger partial charge on any atom is -0.387 e. The number of hydrogen-bond donors (Lipinski definition) is 1. The van der Waals surface area contributed by atoms with Crippen LogP contribution < -0.4 is 0 Å². The molecule has 2 unspecified atom stereocenters. The summed E-state index contributed by atoms with van der Waals surface area (Å²) in [6.45, 7) is 8.25. The Morgan fingerprint density at radius 3 is 2.29 bits per heavy atom. The van der Waals surface area contributed by atoms with Gasteiger partial charge in [0.25, 0.3) is 0 Å². The average molecular weight is 233 g/mol. The van der Waals surface area contributed by atoms with Gasteiger partial charge in [-0.1, -0.05) is 32.4 Å². The molecule has 0 aromatic carbocycles. The van der Waals surface area contributed by atoms with Gasteiger partial charge in [0.05, 0.1) is 16.0 Å². The van der Waals surface area contributed by atoms with Gasteiger partial charge in [-0.3, -0.25) is 0 Å². The van der Waals surface area contributed by atoms with Crippen molar-refractivity contribution in [3.8, 4) is 0 Å². The molecule has 0 saturated heterocycles. The minimum atomic E-state index is -0.429. The fourth-order valence-corrected chi connectivity index (χ4v) is 2.66. The highest BCUT2D eigenvalue weighted by molar-refractivity contribution is 7.10. The van der Waals surface area contributed by atoms with E-state index in [9.17, 15) is 5.11 Å². The molecule has 3 heteroatoms. The first-order chi connectivity index (χ1) is 6.45. The molecule has 1 rings (SSSR count). The van der Waals surface area contributed by atoms with Crippen LogP contribution in [0.4, 0.5) is 0 Å². The third kappa shape index (κ3) is 2.30. The number of halogens is 1. The smallest absolute Gasteiger partial charge is 0.0924 e. The van der Waals surface area contributed by atoms with Crippen molar-refractivity contribution in [1.29, 1.82) is 0 Å². The lowest BCUT2D eigenvalue weighted by Crippen LogP contribution is -2.14. The van der Waals surface area contributed by atoms with Crippen molar-refractivity contribution in [1.82, 2.24) is 0 Å². The van der Waals surface area contributed by atoms with Gasteiger partial charge in [0.1, 0.15) is 0 Å². The molecule has 0 fully saturated rings. The molecule has 1 aromatic heterocycles. The first-order valence-electron chi connectivity index (χ1n) is 4.86. The highest BCUT2D eigenvalue weighted by Crippen LogP contribution is 2.37. The molecule has 1 N–H and O–H groups in total. The molecule has 0 saturated carbocycles. The molecule has 2 atom stereocenters. The summed E-state index contributed by atoms with van der Waals surface area (Å²) in [5, 5.41) is 12.8. The van der Waals surface area contributed by atoms with E-state index in [1.807, 2.05) is 12.3 Å². The molecule has 0 aliphatic carbocycles. The summed E-state index contributed by atoms with van der Waals surface area (Å²) in [5.41, 5.74) is 1.06. The Kier molecular flexibility index (Phi) is 3.99. The van der Waals surface area contributed by atoms with Crippen LogP contribution in [-0.4, -0.2) is 5.11 Å². The summed E-state index contributed by atoms with van der Waals surface area (Å²) in [4.78, 5) is 0.908. The van der Waals surface area contributed by atoms with Gasteiger partial charge in [0, 0.05) is 0 Å². The van der Waals surface area contributed by atoms with Crippen LogP contribution >= 0.6 is 22.9 Å². The van der Waals surface area contributed by atoms with Crippen molar-refractivity contribution in [2.75, 3.05) is 0 Å². The fourth-order valence-electron chi connectivity index (χ4n) is 1.25. The molecule has 0 aliphatic heterocycles. The Bertz CT molecular complexity index is 306. The van der Waals surface area contributed by atoms with Crippen LogP contribution in [0, 0.1) is 18.8 Å². The van der Waals surface area contributed by atoms with Crippen LogP contribution in [0.15, 0.2) is 5.38 Å². The lowest BCUT2D eigenvalue weighted by Gasteiger charge is -2.21. The monoisotopic (exact) mass is 232 g/mol. The van der Waals surface area contributed by atoms with E-state index in [0.717, 1.165) is 15.5 Å². The molecular weight excluding hydrogens is 216 g/mol. The van der Waals surface area contributed by atoms with Gasteiger partial charge in [-0.15, -0.1) is 11.3 Å². The third-order valence-corrected chi connectivity index (χ3v) is 4.53. The van der Waals surface area contributed by atoms with E-state index in [1.54, 1.807) is 11.3 Å². The Labute approximate surface area is 94.7 Å². The van der Waals surface area contributed by atoms with E-state index < -0.39 is 6.10 Å². The topological polar surface area (TPSA) is 20.2 Å². The zero-order valence-corrected chi connectivity index (χ0v) is 10.6. The number of rotatable bonds is 3. The van der Waals surface area contributed by atoms with Gasteiger partial charge in [-0.05, 0) is 29.7 Å². The van der Waals surface area contributed by atoms with Crippen molar-refractivity contribution >= 4 is 22.9 Å². The summed E-state index contributed by atoms with van der Waals surface area (Å²) in [6.07, 6.45) is -0.429. The standard InChI is InChI=1S/C11H17ClOS/c1-6(2)8(4)10(13)11-9(12)7(3)5-14-11/h5-6,8,10,13H,1-4H3. The second kappa shape index (κ2) is 4.65. The van der Waals surface area contributed by atoms with Gasteiger partial charge in [0.15, 0.2) is 0 Å². The van der Waals surface area contributed by atoms with Crippen LogP contribution in [-0.2, 0) is 0 Å². The van der Waals surface area contributed by atoms with E-state index in [1.165, 1.54) is 0 Å². The predicted molar refractivity (Wildman–Crippen MR) is 63.0 cm³/mol. The molecule has 0 bridgehead atoms. The Morgan fingerprint density at radius 2 is 1.93 bits per heavy atom. The third-order valence-electron chi connectivity index (χ3n) is 2.74. The molecule has 80 valence electrons. The summed E-state index contributed by atoms with van der Waals surface area (Å²) >= 11 is 7.65. The number of hydrogen-bond acceptors (Lipinski definition) is 2. The van der Waals surface area contributed by atoms with Crippen LogP contribution in [0.3, 0.4) is 0 Å². The Morgan fingerprint density at radius 1 is 1.36 bits per heavy atom. The normalized spacial score (nSPS) is 15.9. The van der Waals surface area contributed by atoms with E-state index in [0.29, 0.717) is 5.92 Å². The molecular formula is C11H17ClOS. The first kappa shape index (κ1) is 12.0. The zero-order chi connectivity index (χ0) is 10.9. The number of aryl methyl sites for hydroxylation is 1. The predicted octanol–water partition coefficient (Wildman–Crippen LogP) is 4.04. The SMILES string of the molecule is Cc1csc(C(O)C(C)C(C)C)c1Cl. The molecule has 0 spiro atoms. The molecule has 1 heterocycles. The number of aliphatic hydroxyl groups is 1. The van der Waals surface area contributed by atoms with Crippen molar-refractivity contribution in [2.45, 2.75) is 33.8 Å². The number of thiophene rings is 1. The molecule has 1 nitrogen and oxygen atoms in total. The Balaban J connectivity index is 2.89. The maximum atomic E-state index is 10.1. The van der Waals surface area contributed by atoms with E-state index in [4.69, 9.17) is 11.6 Å². The second-order valence-electron chi connectivity index (χ2n) is 4.14. The van der Waals surface area contributed by atoms with Crippen LogP contribution in [0.5, 0.6) is 0 Å². The summed E-state index contributed by atoms with van der Waals surface area (Å²) in [6, 6.07) is 0. The van der Waals surface area contributed by atoms with Gasteiger partial charge in [0.2, 0.25) is 0 Å². The maximum Gasteiger partial charge on any atom is 0.0924 e. The summed E-state index contributed by atoms with van der Waals surface area (Å²) in [7, 11) is 0. The molecule has 14 heavy (non-hydrogen) atoms. The molecule has 0 amide bonds. The van der Waals surface area contributed by atoms with E-state index in [-0.39, 0.29) is 5.92 Å². The highest BCUT2D eigenvalue weighted by Gasteiger charge is 2.23. The quantitative estimate of drug-likeness (QED) is 0.834. The summed E-state index contributed by atoms with van der Waals surface area (Å²) in [5.74, 6) is 0.703. The lowest BCUT2D eigenvalue weighted by molar-refractivity contribution is 0.0954. The highest BCUT2D eigenvalue weighted by atomic mass is 35.5. The molecule has 0 aliphatic rings. The maximum absolute atomic E-state index is 10.1. The average Bonchev–Trinajstić information content (AvgIpc) is 2.45. The van der Waals surface area contributed by atoms with Crippen LogP contribution in [0.1, 0.15) is 37.3 Å². The van der Waals surface area contributed by atoms with Crippen LogP contribution in [0.25, 0.3) is 0 Å². The van der Waals surface area contributed by atoms with Gasteiger partial charge < -0.3 is 5.11 Å². The van der Waals surface area contributed by atoms with Crippen LogP contribution in [0.2, 0.25) is 5.02 Å². The number of aliphatic hydroxyl groups excluding tert-OH is 1. The van der Waals surface area contributed by atoms with Crippen molar-refractivity contribution in [2.24, 2.45) is 11.8 Å². The Hall–Kier alpha value is -0.0500. The van der Waals surface area contributed by atoms with Gasteiger partial charge in [-0.25, -0.2) is 0 Å². The molecule has 0 radical (unpaired) electrons. The summed E-state index contributed by atoms with van der Waals surface area (Å²) < 4.78 is 0. The zero-order valence-electron chi connectivity index (χ0n) is 9.04. The van der Waals surface area contributed by atoms with Crippen molar-refractivity contribution in [3.63, 3.8) is 0 Å². The van der Waals surface area contributed by atoms with Crippen molar-refractivity contribution < 1.29 is 5.11 Å². The van der Waals surface area contributed by atoms with E-state index >= 15 is 0 Å². The largest absolute Gasteiger partial charge is 0.387 e.